The van der Waals surface area contributed by atoms with Gasteiger partial charge in [-0.25, -0.2) is 4.98 Å². The van der Waals surface area contributed by atoms with E-state index in [0.717, 1.165) is 22.3 Å². The molecule has 0 saturated heterocycles. The van der Waals surface area contributed by atoms with Gasteiger partial charge in [0.1, 0.15) is 4.70 Å². The molecule has 0 aliphatic heterocycles. The predicted octanol–water partition coefficient (Wildman–Crippen LogP) is 1.84. The molecular formula is C13H13N3O2S. The van der Waals surface area contributed by atoms with Gasteiger partial charge in [-0.05, 0) is 17.5 Å². The second-order valence-electron chi connectivity index (χ2n) is 4.19. The molecule has 1 N–H and O–H groups in total. The molecule has 0 radical (unpaired) electrons. The van der Waals surface area contributed by atoms with E-state index in [0.29, 0.717) is 13.1 Å². The van der Waals surface area contributed by atoms with Crippen molar-refractivity contribution in [2.75, 3.05) is 6.54 Å². The largest absolute Gasteiger partial charge is 0.472 e. The van der Waals surface area contributed by atoms with Crippen LogP contribution < -0.4 is 10.9 Å². The van der Waals surface area contributed by atoms with Gasteiger partial charge >= 0.3 is 0 Å². The molecule has 0 aliphatic carbocycles. The molecule has 3 rings (SSSR count). The maximum Gasteiger partial charge on any atom is 0.271 e. The van der Waals surface area contributed by atoms with Crippen LogP contribution in [0.25, 0.3) is 10.2 Å². The Bertz CT molecular complexity index is 715. The third-order valence-corrected chi connectivity index (χ3v) is 3.77. The van der Waals surface area contributed by atoms with E-state index < -0.39 is 0 Å². The summed E-state index contributed by atoms with van der Waals surface area (Å²) < 4.78 is 7.34. The highest BCUT2D eigenvalue weighted by Crippen LogP contribution is 2.12. The highest BCUT2D eigenvalue weighted by Gasteiger charge is 2.04. The van der Waals surface area contributed by atoms with Gasteiger partial charge in [0.05, 0.1) is 24.4 Å². The summed E-state index contributed by atoms with van der Waals surface area (Å²) in [4.78, 5) is 16.4. The van der Waals surface area contributed by atoms with Crippen molar-refractivity contribution >= 4 is 21.6 Å². The Morgan fingerprint density at radius 2 is 2.37 bits per heavy atom. The number of furan rings is 1. The Kier molecular flexibility index (Phi) is 3.43. The molecular weight excluding hydrogens is 262 g/mol. The fourth-order valence-electron chi connectivity index (χ4n) is 1.86. The Hall–Kier alpha value is -1.92. The van der Waals surface area contributed by atoms with Crippen LogP contribution >= 0.6 is 11.3 Å². The Morgan fingerprint density at radius 3 is 3.21 bits per heavy atom. The normalized spacial score (nSPS) is 11.2. The van der Waals surface area contributed by atoms with Crippen LogP contribution in [0.5, 0.6) is 0 Å². The Labute approximate surface area is 113 Å². The maximum absolute atomic E-state index is 12.1. The van der Waals surface area contributed by atoms with Crippen LogP contribution in [-0.2, 0) is 13.1 Å². The van der Waals surface area contributed by atoms with E-state index in [1.807, 2.05) is 17.5 Å². The summed E-state index contributed by atoms with van der Waals surface area (Å²) in [5.41, 5.74) is 1.90. The van der Waals surface area contributed by atoms with Crippen LogP contribution in [-0.4, -0.2) is 16.1 Å². The van der Waals surface area contributed by atoms with Gasteiger partial charge in [0.2, 0.25) is 0 Å². The van der Waals surface area contributed by atoms with Crippen LogP contribution in [0.2, 0.25) is 0 Å². The zero-order chi connectivity index (χ0) is 13.1. The zero-order valence-electron chi connectivity index (χ0n) is 10.2. The first-order chi connectivity index (χ1) is 9.34. The van der Waals surface area contributed by atoms with Gasteiger partial charge in [-0.2, -0.15) is 0 Å². The lowest BCUT2D eigenvalue weighted by Crippen LogP contribution is -2.26. The molecule has 0 spiro atoms. The lowest BCUT2D eigenvalue weighted by molar-refractivity contribution is 0.553. The van der Waals surface area contributed by atoms with Crippen molar-refractivity contribution in [3.63, 3.8) is 0 Å². The van der Waals surface area contributed by atoms with E-state index in [4.69, 9.17) is 4.42 Å². The van der Waals surface area contributed by atoms with Crippen molar-refractivity contribution in [1.29, 1.82) is 0 Å². The average molecular weight is 275 g/mol. The molecule has 98 valence electrons. The van der Waals surface area contributed by atoms with Gasteiger partial charge in [0.25, 0.3) is 5.56 Å². The minimum Gasteiger partial charge on any atom is -0.472 e. The number of hydrogen-bond donors (Lipinski definition) is 1. The predicted molar refractivity (Wildman–Crippen MR) is 74.3 cm³/mol. The average Bonchev–Trinajstić information content (AvgIpc) is 3.08. The molecule has 3 heterocycles. The second kappa shape index (κ2) is 5.38. The molecule has 0 aromatic carbocycles. The highest BCUT2D eigenvalue weighted by molar-refractivity contribution is 7.17. The van der Waals surface area contributed by atoms with Crippen molar-refractivity contribution in [1.82, 2.24) is 14.9 Å². The van der Waals surface area contributed by atoms with Crippen molar-refractivity contribution in [3.05, 3.63) is 52.3 Å². The van der Waals surface area contributed by atoms with Crippen LogP contribution in [0.4, 0.5) is 0 Å². The Balaban J connectivity index is 1.62. The number of fused-ring (bicyclic) bond motifs is 1. The van der Waals surface area contributed by atoms with Crippen molar-refractivity contribution in [2.45, 2.75) is 13.1 Å². The Morgan fingerprint density at radius 1 is 1.42 bits per heavy atom. The fourth-order valence-corrected chi connectivity index (χ4v) is 2.66. The van der Waals surface area contributed by atoms with Crippen molar-refractivity contribution < 1.29 is 4.42 Å². The number of thiophene rings is 1. The van der Waals surface area contributed by atoms with E-state index in [9.17, 15) is 4.79 Å². The summed E-state index contributed by atoms with van der Waals surface area (Å²) in [5.74, 6) is 0. The monoisotopic (exact) mass is 275 g/mol. The summed E-state index contributed by atoms with van der Waals surface area (Å²) >= 11 is 1.44. The molecule has 5 nitrogen and oxygen atoms in total. The van der Waals surface area contributed by atoms with E-state index >= 15 is 0 Å². The van der Waals surface area contributed by atoms with Crippen LogP contribution in [0, 0.1) is 0 Å². The number of hydrogen-bond acceptors (Lipinski definition) is 5. The third-order valence-electron chi connectivity index (χ3n) is 2.87. The smallest absolute Gasteiger partial charge is 0.271 e. The molecule has 0 amide bonds. The minimum atomic E-state index is 0.0325. The molecule has 19 heavy (non-hydrogen) atoms. The van der Waals surface area contributed by atoms with Gasteiger partial charge in [-0.3, -0.25) is 9.36 Å². The maximum atomic E-state index is 12.1. The van der Waals surface area contributed by atoms with Gasteiger partial charge in [0.15, 0.2) is 0 Å². The van der Waals surface area contributed by atoms with Crippen LogP contribution in [0.1, 0.15) is 5.56 Å². The van der Waals surface area contributed by atoms with Crippen molar-refractivity contribution in [2.24, 2.45) is 0 Å². The van der Waals surface area contributed by atoms with Gasteiger partial charge in [-0.15, -0.1) is 11.3 Å². The molecule has 0 unspecified atom stereocenters. The highest BCUT2D eigenvalue weighted by atomic mass is 32.1. The van der Waals surface area contributed by atoms with Crippen LogP contribution in [0.3, 0.4) is 0 Å². The van der Waals surface area contributed by atoms with Gasteiger partial charge in [0, 0.05) is 25.2 Å². The third kappa shape index (κ3) is 2.59. The first-order valence-electron chi connectivity index (χ1n) is 5.99. The molecule has 0 aliphatic rings. The van der Waals surface area contributed by atoms with Gasteiger partial charge < -0.3 is 9.73 Å². The molecule has 0 atom stereocenters. The summed E-state index contributed by atoms with van der Waals surface area (Å²) in [6.45, 7) is 2.06. The van der Waals surface area contributed by atoms with E-state index in [1.165, 1.54) is 11.3 Å². The summed E-state index contributed by atoms with van der Waals surface area (Å²) in [6, 6.07) is 3.78. The second-order valence-corrected chi connectivity index (χ2v) is 5.10. The zero-order valence-corrected chi connectivity index (χ0v) is 11.0. The first-order valence-corrected chi connectivity index (χ1v) is 6.87. The number of nitrogens with zero attached hydrogens (tertiary/aromatic N) is 2. The molecule has 6 heteroatoms. The van der Waals surface area contributed by atoms with E-state index in [-0.39, 0.29) is 5.56 Å². The first kappa shape index (κ1) is 12.1. The summed E-state index contributed by atoms with van der Waals surface area (Å²) in [5, 5.41) is 5.15. The van der Waals surface area contributed by atoms with E-state index in [2.05, 4.69) is 10.3 Å². The number of nitrogens with one attached hydrogen (secondary N) is 1. The minimum absolute atomic E-state index is 0.0325. The number of rotatable bonds is 5. The van der Waals surface area contributed by atoms with Crippen LogP contribution in [0.15, 0.2) is 45.6 Å². The lowest BCUT2D eigenvalue weighted by atomic mass is 10.3. The SMILES string of the molecule is O=c1c2sccc2ncn1CCNCc1ccoc1. The summed E-state index contributed by atoms with van der Waals surface area (Å²) in [6.07, 6.45) is 4.96. The quantitative estimate of drug-likeness (QED) is 0.722. The van der Waals surface area contributed by atoms with Gasteiger partial charge in [-0.1, -0.05) is 0 Å². The van der Waals surface area contributed by atoms with E-state index in [1.54, 1.807) is 23.4 Å². The molecule has 0 bridgehead atoms. The topological polar surface area (TPSA) is 60.1 Å². The number of aromatic nitrogens is 2. The molecule has 0 fully saturated rings. The molecule has 3 aromatic rings. The molecule has 3 aromatic heterocycles. The fraction of sp³-hybridized carbons (Fsp3) is 0.231. The molecule has 0 saturated carbocycles. The standard InChI is InChI=1S/C13H13N3O2S/c17-13-12-11(2-6-19-12)15-9-16(13)4-3-14-7-10-1-5-18-8-10/h1-2,5-6,8-9,14H,3-4,7H2. The summed E-state index contributed by atoms with van der Waals surface area (Å²) in [7, 11) is 0. The lowest BCUT2D eigenvalue weighted by Gasteiger charge is -2.06. The van der Waals surface area contributed by atoms with Crippen molar-refractivity contribution in [3.8, 4) is 0 Å².